The summed E-state index contributed by atoms with van der Waals surface area (Å²) in [4.78, 5) is 12.6. The summed E-state index contributed by atoms with van der Waals surface area (Å²) >= 11 is 6.03. The Bertz CT molecular complexity index is 896. The first kappa shape index (κ1) is 20.3. The van der Waals surface area contributed by atoms with Crippen molar-refractivity contribution in [2.45, 2.75) is 33.4 Å². The Balaban J connectivity index is 2.23. The molecule has 2 aromatic rings. The zero-order valence-electron chi connectivity index (χ0n) is 15.3. The summed E-state index contributed by atoms with van der Waals surface area (Å²) in [6.45, 7) is 5.66. The van der Waals surface area contributed by atoms with Crippen LogP contribution in [0.2, 0.25) is 5.02 Å². The van der Waals surface area contributed by atoms with E-state index in [-0.39, 0.29) is 5.91 Å². The van der Waals surface area contributed by atoms with E-state index >= 15 is 0 Å². The van der Waals surface area contributed by atoms with E-state index in [1.807, 2.05) is 31.2 Å². The summed E-state index contributed by atoms with van der Waals surface area (Å²) in [6.07, 6.45) is 1.08. The Labute approximate surface area is 160 Å². The van der Waals surface area contributed by atoms with Gasteiger partial charge in [0.2, 0.25) is 15.9 Å². The highest BCUT2D eigenvalue weighted by atomic mass is 35.5. The number of sulfonamides is 1. The molecule has 1 amide bonds. The number of anilines is 1. The topological polar surface area (TPSA) is 66.5 Å². The second-order valence-corrected chi connectivity index (χ2v) is 8.66. The van der Waals surface area contributed by atoms with Crippen LogP contribution in [0.5, 0.6) is 0 Å². The Hall–Kier alpha value is -2.05. The molecule has 0 aliphatic heterocycles. The van der Waals surface area contributed by atoms with Crippen LogP contribution in [0.25, 0.3) is 0 Å². The molecule has 0 bridgehead atoms. The van der Waals surface area contributed by atoms with Crippen LogP contribution in [0, 0.1) is 13.8 Å². The number of halogens is 1. The Morgan fingerprint density at radius 2 is 1.77 bits per heavy atom. The molecule has 0 radical (unpaired) electrons. The number of aryl methyl sites for hydroxylation is 2. The minimum atomic E-state index is -3.68. The van der Waals surface area contributed by atoms with Crippen LogP contribution >= 0.6 is 11.6 Å². The maximum Gasteiger partial charge on any atom is 0.243 e. The largest absolute Gasteiger partial charge is 0.350 e. The number of carbonyl (C=O) groups excluding carboxylic acids is 1. The van der Waals surface area contributed by atoms with Crippen LogP contribution in [0.3, 0.4) is 0 Å². The molecule has 0 fully saturated rings. The van der Waals surface area contributed by atoms with E-state index < -0.39 is 16.1 Å². The predicted octanol–water partition coefficient (Wildman–Crippen LogP) is 3.43. The molecular weight excluding hydrogens is 372 g/mol. The summed E-state index contributed by atoms with van der Waals surface area (Å²) in [5.41, 5.74) is 3.20. The minimum Gasteiger partial charge on any atom is -0.350 e. The maximum atomic E-state index is 12.6. The van der Waals surface area contributed by atoms with Gasteiger partial charge in [-0.05, 0) is 44.0 Å². The average molecular weight is 395 g/mol. The first-order valence-electron chi connectivity index (χ1n) is 8.18. The van der Waals surface area contributed by atoms with Crippen molar-refractivity contribution in [3.05, 3.63) is 64.2 Å². The second kappa shape index (κ2) is 8.10. The van der Waals surface area contributed by atoms with Crippen molar-refractivity contribution in [3.63, 3.8) is 0 Å². The van der Waals surface area contributed by atoms with Gasteiger partial charge in [-0.15, -0.1) is 0 Å². The molecule has 26 heavy (non-hydrogen) atoms. The zero-order valence-corrected chi connectivity index (χ0v) is 16.9. The predicted molar refractivity (Wildman–Crippen MR) is 106 cm³/mol. The van der Waals surface area contributed by atoms with Gasteiger partial charge < -0.3 is 5.32 Å². The molecular formula is C19H23ClN2O3S. The van der Waals surface area contributed by atoms with Crippen LogP contribution < -0.4 is 9.62 Å². The number of hydrogen-bond donors (Lipinski definition) is 1. The number of hydrogen-bond acceptors (Lipinski definition) is 3. The molecule has 140 valence electrons. The number of carbonyl (C=O) groups is 1. The summed E-state index contributed by atoms with van der Waals surface area (Å²) in [7, 11) is -3.68. The fourth-order valence-corrected chi connectivity index (χ4v) is 4.03. The van der Waals surface area contributed by atoms with Gasteiger partial charge in [0.1, 0.15) is 6.04 Å². The third-order valence-corrected chi connectivity index (χ3v) is 5.55. The van der Waals surface area contributed by atoms with Crippen LogP contribution in [0.4, 0.5) is 5.69 Å². The van der Waals surface area contributed by atoms with Gasteiger partial charge in [-0.2, -0.15) is 0 Å². The summed E-state index contributed by atoms with van der Waals surface area (Å²) < 4.78 is 25.8. The van der Waals surface area contributed by atoms with Gasteiger partial charge >= 0.3 is 0 Å². The number of nitrogens with zero attached hydrogens (tertiary/aromatic N) is 1. The van der Waals surface area contributed by atoms with E-state index in [9.17, 15) is 13.2 Å². The van der Waals surface area contributed by atoms with Gasteiger partial charge in [-0.1, -0.05) is 47.5 Å². The normalized spacial score (nSPS) is 12.5. The standard InChI is InChI=1S/C19H23ClN2O3S/c1-13-5-8-16(9-6-13)12-21-19(23)15(3)22(26(4,24)25)18-11-17(20)10-7-14(18)2/h5-11,15H,12H2,1-4H3,(H,21,23)/t15-/m1/s1. The molecule has 0 heterocycles. The number of rotatable bonds is 6. The molecule has 1 N–H and O–H groups in total. The zero-order chi connectivity index (χ0) is 19.5. The van der Waals surface area contributed by atoms with E-state index in [4.69, 9.17) is 11.6 Å². The molecule has 0 saturated carbocycles. The fraction of sp³-hybridized carbons (Fsp3) is 0.316. The van der Waals surface area contributed by atoms with Gasteiger partial charge in [0.25, 0.3) is 0 Å². The highest BCUT2D eigenvalue weighted by Gasteiger charge is 2.30. The van der Waals surface area contributed by atoms with E-state index in [2.05, 4.69) is 5.32 Å². The third kappa shape index (κ3) is 4.99. The van der Waals surface area contributed by atoms with E-state index in [1.54, 1.807) is 32.0 Å². The third-order valence-electron chi connectivity index (χ3n) is 4.08. The summed E-state index contributed by atoms with van der Waals surface area (Å²) in [6, 6.07) is 11.8. The molecule has 0 aromatic heterocycles. The molecule has 0 unspecified atom stereocenters. The average Bonchev–Trinajstić information content (AvgIpc) is 2.56. The molecule has 7 heteroatoms. The number of nitrogens with one attached hydrogen (secondary N) is 1. The van der Waals surface area contributed by atoms with E-state index in [1.165, 1.54) is 0 Å². The molecule has 1 atom stereocenters. The van der Waals surface area contributed by atoms with Crippen LogP contribution in [0.1, 0.15) is 23.6 Å². The molecule has 0 spiro atoms. The van der Waals surface area contributed by atoms with Crippen LogP contribution in [-0.4, -0.2) is 26.6 Å². The van der Waals surface area contributed by atoms with Gasteiger partial charge in [-0.3, -0.25) is 9.10 Å². The highest BCUT2D eigenvalue weighted by molar-refractivity contribution is 7.92. The molecule has 2 rings (SSSR count). The lowest BCUT2D eigenvalue weighted by Gasteiger charge is -2.29. The van der Waals surface area contributed by atoms with Gasteiger partial charge in [0.15, 0.2) is 0 Å². The number of amides is 1. The number of benzene rings is 2. The Kier molecular flexibility index (Phi) is 6.31. The molecule has 0 saturated heterocycles. The fourth-order valence-electron chi connectivity index (χ4n) is 2.64. The van der Waals surface area contributed by atoms with Crippen molar-refractivity contribution in [2.24, 2.45) is 0 Å². The summed E-state index contributed by atoms with van der Waals surface area (Å²) in [5, 5.41) is 3.21. The SMILES string of the molecule is Cc1ccc(CNC(=O)[C@@H](C)N(c2cc(Cl)ccc2C)S(C)(=O)=O)cc1. The van der Waals surface area contributed by atoms with Crippen molar-refractivity contribution in [1.29, 1.82) is 0 Å². The monoisotopic (exact) mass is 394 g/mol. The lowest BCUT2D eigenvalue weighted by Crippen LogP contribution is -2.48. The first-order chi connectivity index (χ1) is 12.1. The van der Waals surface area contributed by atoms with E-state index in [0.717, 1.165) is 27.3 Å². The van der Waals surface area contributed by atoms with Crippen molar-refractivity contribution < 1.29 is 13.2 Å². The second-order valence-electron chi connectivity index (χ2n) is 6.37. The first-order valence-corrected chi connectivity index (χ1v) is 10.4. The minimum absolute atomic E-state index is 0.329. The quantitative estimate of drug-likeness (QED) is 0.816. The summed E-state index contributed by atoms with van der Waals surface area (Å²) in [5.74, 6) is -0.379. The lowest BCUT2D eigenvalue weighted by atomic mass is 10.1. The Morgan fingerprint density at radius 1 is 1.15 bits per heavy atom. The lowest BCUT2D eigenvalue weighted by molar-refractivity contribution is -0.122. The maximum absolute atomic E-state index is 12.6. The van der Waals surface area contributed by atoms with Crippen molar-refractivity contribution in [1.82, 2.24) is 5.32 Å². The van der Waals surface area contributed by atoms with Crippen LogP contribution in [0.15, 0.2) is 42.5 Å². The van der Waals surface area contributed by atoms with E-state index in [0.29, 0.717) is 17.3 Å². The van der Waals surface area contributed by atoms with Gasteiger partial charge in [-0.25, -0.2) is 8.42 Å². The molecule has 0 aliphatic rings. The Morgan fingerprint density at radius 3 is 2.35 bits per heavy atom. The van der Waals surface area contributed by atoms with Gasteiger partial charge in [0.05, 0.1) is 11.9 Å². The van der Waals surface area contributed by atoms with Crippen molar-refractivity contribution in [3.8, 4) is 0 Å². The molecule has 5 nitrogen and oxygen atoms in total. The smallest absolute Gasteiger partial charge is 0.243 e. The van der Waals surface area contributed by atoms with Crippen LogP contribution in [-0.2, 0) is 21.4 Å². The van der Waals surface area contributed by atoms with Gasteiger partial charge in [0, 0.05) is 11.6 Å². The van der Waals surface area contributed by atoms with Crippen molar-refractivity contribution >= 4 is 33.2 Å². The van der Waals surface area contributed by atoms with Crippen molar-refractivity contribution in [2.75, 3.05) is 10.6 Å². The highest BCUT2D eigenvalue weighted by Crippen LogP contribution is 2.28. The molecule has 2 aromatic carbocycles. The molecule has 0 aliphatic carbocycles.